The van der Waals surface area contributed by atoms with E-state index >= 15 is 0 Å². The lowest BCUT2D eigenvalue weighted by Gasteiger charge is -2.21. The van der Waals surface area contributed by atoms with E-state index in [-0.39, 0.29) is 0 Å². The molecule has 1 aromatic carbocycles. The normalized spacial score (nSPS) is 15.0. The summed E-state index contributed by atoms with van der Waals surface area (Å²) in [6, 6.07) is 8.81. The van der Waals surface area contributed by atoms with Gasteiger partial charge in [-0.05, 0) is 42.3 Å². The highest BCUT2D eigenvalue weighted by Crippen LogP contribution is 2.36. The third-order valence-electron chi connectivity index (χ3n) is 3.51. The van der Waals surface area contributed by atoms with Gasteiger partial charge in [0.2, 0.25) is 0 Å². The second-order valence-electron chi connectivity index (χ2n) is 4.93. The number of thioether (sulfide) groups is 1. The smallest absolute Gasteiger partial charge is 0.162 e. The van der Waals surface area contributed by atoms with E-state index in [4.69, 9.17) is 9.47 Å². The van der Waals surface area contributed by atoms with E-state index < -0.39 is 0 Å². The van der Waals surface area contributed by atoms with E-state index in [1.54, 1.807) is 23.1 Å². The highest BCUT2D eigenvalue weighted by atomic mass is 32.2. The SMILES string of the molecule is CSc1cc2c(cc1CN[C@@H](C)c1cccs1)OCCO2. The van der Waals surface area contributed by atoms with Gasteiger partial charge in [-0.25, -0.2) is 0 Å². The topological polar surface area (TPSA) is 30.5 Å². The average Bonchev–Trinajstić information content (AvgIpc) is 3.06. The highest BCUT2D eigenvalue weighted by Gasteiger charge is 2.16. The number of ether oxygens (including phenoxy) is 2. The summed E-state index contributed by atoms with van der Waals surface area (Å²) in [7, 11) is 0. The Morgan fingerprint density at radius 2 is 2.05 bits per heavy atom. The molecule has 0 fully saturated rings. The molecule has 21 heavy (non-hydrogen) atoms. The summed E-state index contributed by atoms with van der Waals surface area (Å²) < 4.78 is 11.3. The van der Waals surface area contributed by atoms with Gasteiger partial charge >= 0.3 is 0 Å². The first-order chi connectivity index (χ1) is 10.3. The van der Waals surface area contributed by atoms with Gasteiger partial charge in [0.1, 0.15) is 13.2 Å². The van der Waals surface area contributed by atoms with E-state index in [1.807, 2.05) is 0 Å². The molecule has 0 radical (unpaired) electrons. The Labute approximate surface area is 133 Å². The maximum Gasteiger partial charge on any atom is 0.162 e. The number of rotatable bonds is 5. The zero-order valence-corrected chi connectivity index (χ0v) is 13.9. The van der Waals surface area contributed by atoms with Crippen molar-refractivity contribution in [1.29, 1.82) is 0 Å². The molecule has 3 nitrogen and oxygen atoms in total. The minimum atomic E-state index is 0.355. The third kappa shape index (κ3) is 3.36. The molecular formula is C16H19NO2S2. The number of hydrogen-bond acceptors (Lipinski definition) is 5. The lowest BCUT2D eigenvalue weighted by molar-refractivity contribution is 0.171. The van der Waals surface area contributed by atoms with Gasteiger partial charge in [-0.15, -0.1) is 23.1 Å². The predicted molar refractivity (Wildman–Crippen MR) is 88.8 cm³/mol. The van der Waals surface area contributed by atoms with E-state index in [2.05, 4.69) is 48.1 Å². The van der Waals surface area contributed by atoms with Crippen LogP contribution in [0.3, 0.4) is 0 Å². The molecule has 1 aromatic heterocycles. The molecule has 112 valence electrons. The van der Waals surface area contributed by atoms with Crippen LogP contribution in [-0.2, 0) is 6.54 Å². The van der Waals surface area contributed by atoms with Crippen LogP contribution in [0.25, 0.3) is 0 Å². The summed E-state index contributed by atoms with van der Waals surface area (Å²) in [6.45, 7) is 4.28. The molecule has 1 aliphatic heterocycles. The molecular weight excluding hydrogens is 302 g/mol. The van der Waals surface area contributed by atoms with Crippen LogP contribution in [0, 0.1) is 0 Å². The van der Waals surface area contributed by atoms with Crippen LogP contribution in [0.15, 0.2) is 34.5 Å². The predicted octanol–water partition coefficient (Wildman–Crippen LogP) is 4.09. The summed E-state index contributed by atoms with van der Waals surface area (Å²) in [5.74, 6) is 1.72. The quantitative estimate of drug-likeness (QED) is 0.840. The van der Waals surface area contributed by atoms with Crippen LogP contribution in [0.2, 0.25) is 0 Å². The first-order valence-electron chi connectivity index (χ1n) is 7.01. The van der Waals surface area contributed by atoms with Crippen LogP contribution in [0.1, 0.15) is 23.4 Å². The Hall–Kier alpha value is -1.17. The van der Waals surface area contributed by atoms with Crippen molar-refractivity contribution in [1.82, 2.24) is 5.32 Å². The van der Waals surface area contributed by atoms with E-state index in [1.165, 1.54) is 15.3 Å². The molecule has 0 saturated heterocycles. The molecule has 0 unspecified atom stereocenters. The Bertz CT molecular complexity index is 599. The fraction of sp³-hybridized carbons (Fsp3) is 0.375. The van der Waals surface area contributed by atoms with Crippen molar-refractivity contribution in [2.24, 2.45) is 0 Å². The molecule has 1 atom stereocenters. The van der Waals surface area contributed by atoms with Crippen molar-refractivity contribution in [3.05, 3.63) is 40.1 Å². The van der Waals surface area contributed by atoms with Crippen molar-refractivity contribution < 1.29 is 9.47 Å². The molecule has 0 saturated carbocycles. The van der Waals surface area contributed by atoms with E-state index in [0.717, 1.165) is 18.0 Å². The molecule has 0 bridgehead atoms. The van der Waals surface area contributed by atoms with Crippen molar-refractivity contribution in [2.75, 3.05) is 19.5 Å². The zero-order chi connectivity index (χ0) is 14.7. The number of benzene rings is 1. The van der Waals surface area contributed by atoms with Gasteiger partial charge < -0.3 is 14.8 Å². The average molecular weight is 321 g/mol. The number of fused-ring (bicyclic) bond motifs is 1. The Balaban J connectivity index is 1.75. The summed E-state index contributed by atoms with van der Waals surface area (Å²) in [4.78, 5) is 2.60. The van der Waals surface area contributed by atoms with Crippen LogP contribution < -0.4 is 14.8 Å². The third-order valence-corrected chi connectivity index (χ3v) is 5.39. The largest absolute Gasteiger partial charge is 0.486 e. The fourth-order valence-corrected chi connectivity index (χ4v) is 3.72. The van der Waals surface area contributed by atoms with Crippen LogP contribution in [0.4, 0.5) is 0 Å². The molecule has 0 spiro atoms. The zero-order valence-electron chi connectivity index (χ0n) is 12.2. The van der Waals surface area contributed by atoms with Gasteiger partial charge in [-0.1, -0.05) is 6.07 Å². The van der Waals surface area contributed by atoms with Gasteiger partial charge in [0.05, 0.1) is 0 Å². The van der Waals surface area contributed by atoms with Crippen LogP contribution in [0.5, 0.6) is 11.5 Å². The van der Waals surface area contributed by atoms with Gasteiger partial charge in [-0.2, -0.15) is 0 Å². The molecule has 0 amide bonds. The minimum absolute atomic E-state index is 0.355. The summed E-state index contributed by atoms with van der Waals surface area (Å²) >= 11 is 3.53. The fourth-order valence-electron chi connectivity index (χ4n) is 2.34. The second kappa shape index (κ2) is 6.73. The van der Waals surface area contributed by atoms with Gasteiger partial charge in [0.15, 0.2) is 11.5 Å². The van der Waals surface area contributed by atoms with Gasteiger partial charge in [0, 0.05) is 22.4 Å². The Kier molecular flexibility index (Phi) is 4.73. The maximum absolute atomic E-state index is 5.68. The highest BCUT2D eigenvalue weighted by molar-refractivity contribution is 7.98. The van der Waals surface area contributed by atoms with Crippen molar-refractivity contribution in [3.8, 4) is 11.5 Å². The molecule has 5 heteroatoms. The lowest BCUT2D eigenvalue weighted by atomic mass is 10.1. The Morgan fingerprint density at radius 1 is 1.29 bits per heavy atom. The lowest BCUT2D eigenvalue weighted by Crippen LogP contribution is -2.19. The van der Waals surface area contributed by atoms with Crippen molar-refractivity contribution in [3.63, 3.8) is 0 Å². The molecule has 3 rings (SSSR count). The van der Waals surface area contributed by atoms with Crippen molar-refractivity contribution >= 4 is 23.1 Å². The first kappa shape index (κ1) is 14.8. The Morgan fingerprint density at radius 3 is 2.71 bits per heavy atom. The first-order valence-corrected chi connectivity index (χ1v) is 9.11. The second-order valence-corrected chi connectivity index (χ2v) is 6.75. The molecule has 2 aromatic rings. The number of thiophene rings is 1. The summed E-state index contributed by atoms with van der Waals surface area (Å²) in [6.07, 6.45) is 2.09. The number of hydrogen-bond donors (Lipinski definition) is 1. The molecule has 1 N–H and O–H groups in total. The summed E-state index contributed by atoms with van der Waals surface area (Å²) in [5, 5.41) is 5.70. The van der Waals surface area contributed by atoms with Gasteiger partial charge in [-0.3, -0.25) is 0 Å². The van der Waals surface area contributed by atoms with Crippen molar-refractivity contribution in [2.45, 2.75) is 24.4 Å². The maximum atomic E-state index is 5.68. The molecule has 2 heterocycles. The minimum Gasteiger partial charge on any atom is -0.486 e. The van der Waals surface area contributed by atoms with E-state index in [0.29, 0.717) is 19.3 Å². The van der Waals surface area contributed by atoms with E-state index in [9.17, 15) is 0 Å². The standard InChI is InChI=1S/C16H19NO2S2/c1-11(15-4-3-7-21-15)17-10-12-8-13-14(9-16(12)20-2)19-6-5-18-13/h3-4,7-9,11,17H,5-6,10H2,1-2H3/t11-/m0/s1. The monoisotopic (exact) mass is 321 g/mol. The van der Waals surface area contributed by atoms with Crippen LogP contribution in [-0.4, -0.2) is 19.5 Å². The summed E-state index contributed by atoms with van der Waals surface area (Å²) in [5.41, 5.74) is 1.26. The van der Waals surface area contributed by atoms with Crippen LogP contribution >= 0.6 is 23.1 Å². The molecule has 0 aliphatic carbocycles. The molecule has 1 aliphatic rings. The van der Waals surface area contributed by atoms with Gasteiger partial charge in [0.25, 0.3) is 0 Å². The number of nitrogens with one attached hydrogen (secondary N) is 1.